The molecule has 0 fully saturated rings. The Labute approximate surface area is 98.9 Å². The fourth-order valence-electron chi connectivity index (χ4n) is 2.08. The van der Waals surface area contributed by atoms with Gasteiger partial charge < -0.3 is 4.79 Å². The topological polar surface area (TPSA) is 17.1 Å². The zero-order chi connectivity index (χ0) is 11.6. The molecule has 1 nitrogen and oxygen atoms in total. The van der Waals surface area contributed by atoms with Crippen molar-refractivity contribution < 1.29 is 4.79 Å². The Hall–Kier alpha value is -1.11. The summed E-state index contributed by atoms with van der Waals surface area (Å²) in [4.78, 5) is 10.7. The van der Waals surface area contributed by atoms with Crippen molar-refractivity contribution in [3.05, 3.63) is 35.9 Å². The summed E-state index contributed by atoms with van der Waals surface area (Å²) in [6, 6.07) is 10.4. The number of hydrogen-bond donors (Lipinski definition) is 0. The van der Waals surface area contributed by atoms with Crippen LogP contribution in [0.1, 0.15) is 56.9 Å². The van der Waals surface area contributed by atoms with Crippen molar-refractivity contribution in [1.82, 2.24) is 0 Å². The molecular formula is C15H22O. The minimum atomic E-state index is 0.426. The van der Waals surface area contributed by atoms with Gasteiger partial charge in [-0.1, -0.05) is 62.9 Å². The van der Waals surface area contributed by atoms with E-state index < -0.39 is 0 Å². The lowest BCUT2D eigenvalue weighted by molar-refractivity contribution is -0.108. The van der Waals surface area contributed by atoms with E-state index in [2.05, 4.69) is 31.2 Å². The Bertz CT molecular complexity index is 279. The molecule has 0 N–H and O–H groups in total. The molecule has 0 aromatic heterocycles. The standard InChI is InChI=1S/C15H22O/c1-2-3-4-6-11-15(12-13-16)14-9-7-5-8-10-14/h5,7-10,13,15H,2-4,6,11-12H2,1H3/t15-/m1/s1. The van der Waals surface area contributed by atoms with Crippen molar-refractivity contribution in [3.8, 4) is 0 Å². The summed E-state index contributed by atoms with van der Waals surface area (Å²) in [5.41, 5.74) is 1.31. The molecule has 0 aliphatic carbocycles. The number of aldehydes is 1. The van der Waals surface area contributed by atoms with Gasteiger partial charge in [0.05, 0.1) is 0 Å². The second-order valence-corrected chi connectivity index (χ2v) is 4.36. The Morgan fingerprint density at radius 1 is 1.12 bits per heavy atom. The molecule has 0 saturated heterocycles. The predicted molar refractivity (Wildman–Crippen MR) is 68.6 cm³/mol. The van der Waals surface area contributed by atoms with Crippen molar-refractivity contribution in [2.45, 2.75) is 51.4 Å². The number of hydrogen-bond acceptors (Lipinski definition) is 1. The SMILES string of the molecule is CCCCCC[C@H](CC=O)c1ccccc1. The molecule has 1 rings (SSSR count). The minimum absolute atomic E-state index is 0.426. The van der Waals surface area contributed by atoms with Gasteiger partial charge >= 0.3 is 0 Å². The molecule has 0 spiro atoms. The molecule has 0 aliphatic heterocycles. The van der Waals surface area contributed by atoms with Gasteiger partial charge in [0.2, 0.25) is 0 Å². The predicted octanol–water partition coefficient (Wildman–Crippen LogP) is 4.33. The lowest BCUT2D eigenvalue weighted by Crippen LogP contribution is -1.99. The molecule has 0 amide bonds. The van der Waals surface area contributed by atoms with Crippen LogP contribution in [0.3, 0.4) is 0 Å². The molecule has 0 saturated carbocycles. The molecule has 1 heteroatoms. The zero-order valence-corrected chi connectivity index (χ0v) is 10.2. The molecule has 0 bridgehead atoms. The summed E-state index contributed by atoms with van der Waals surface area (Å²) in [6.45, 7) is 2.22. The smallest absolute Gasteiger partial charge is 0.120 e. The normalized spacial score (nSPS) is 12.3. The average molecular weight is 218 g/mol. The highest BCUT2D eigenvalue weighted by Crippen LogP contribution is 2.24. The number of carbonyl (C=O) groups is 1. The lowest BCUT2D eigenvalue weighted by atomic mass is 9.91. The monoisotopic (exact) mass is 218 g/mol. The molecule has 88 valence electrons. The Morgan fingerprint density at radius 2 is 1.88 bits per heavy atom. The third-order valence-corrected chi connectivity index (χ3v) is 3.06. The van der Waals surface area contributed by atoms with Crippen LogP contribution in [0.4, 0.5) is 0 Å². The van der Waals surface area contributed by atoms with E-state index in [0.29, 0.717) is 12.3 Å². The first-order valence-corrected chi connectivity index (χ1v) is 6.37. The van der Waals surface area contributed by atoms with Crippen LogP contribution in [0.5, 0.6) is 0 Å². The van der Waals surface area contributed by atoms with Crippen molar-refractivity contribution >= 4 is 6.29 Å². The van der Waals surface area contributed by atoms with Gasteiger partial charge in [-0.25, -0.2) is 0 Å². The summed E-state index contributed by atoms with van der Waals surface area (Å²) in [5, 5.41) is 0. The van der Waals surface area contributed by atoms with Gasteiger partial charge in [0.15, 0.2) is 0 Å². The summed E-state index contributed by atoms with van der Waals surface area (Å²) in [5.74, 6) is 0.426. The molecule has 16 heavy (non-hydrogen) atoms. The molecule has 0 heterocycles. The van der Waals surface area contributed by atoms with E-state index in [-0.39, 0.29) is 0 Å². The number of benzene rings is 1. The van der Waals surface area contributed by atoms with E-state index in [1.54, 1.807) is 0 Å². The highest BCUT2D eigenvalue weighted by Gasteiger charge is 2.09. The van der Waals surface area contributed by atoms with Gasteiger partial charge in [0.1, 0.15) is 6.29 Å². The van der Waals surface area contributed by atoms with Crippen LogP contribution in [0.25, 0.3) is 0 Å². The van der Waals surface area contributed by atoms with Gasteiger partial charge in [-0.2, -0.15) is 0 Å². The van der Waals surface area contributed by atoms with Crippen LogP contribution in [0.15, 0.2) is 30.3 Å². The number of carbonyl (C=O) groups excluding carboxylic acids is 1. The van der Waals surface area contributed by atoms with E-state index >= 15 is 0 Å². The van der Waals surface area contributed by atoms with E-state index in [1.807, 2.05) is 6.07 Å². The maximum Gasteiger partial charge on any atom is 0.120 e. The lowest BCUT2D eigenvalue weighted by Gasteiger charge is -2.14. The maximum atomic E-state index is 10.7. The van der Waals surface area contributed by atoms with E-state index in [9.17, 15) is 4.79 Å². The fourth-order valence-corrected chi connectivity index (χ4v) is 2.08. The summed E-state index contributed by atoms with van der Waals surface area (Å²) < 4.78 is 0. The van der Waals surface area contributed by atoms with Crippen molar-refractivity contribution in [2.24, 2.45) is 0 Å². The maximum absolute atomic E-state index is 10.7. The molecule has 0 aliphatic rings. The molecule has 1 aromatic carbocycles. The Morgan fingerprint density at radius 3 is 2.50 bits per heavy atom. The van der Waals surface area contributed by atoms with Crippen LogP contribution < -0.4 is 0 Å². The first kappa shape index (κ1) is 13.0. The minimum Gasteiger partial charge on any atom is -0.303 e. The first-order valence-electron chi connectivity index (χ1n) is 6.37. The number of rotatable bonds is 8. The van der Waals surface area contributed by atoms with E-state index in [1.165, 1.54) is 31.2 Å². The van der Waals surface area contributed by atoms with Crippen LogP contribution in [-0.2, 0) is 4.79 Å². The quantitative estimate of drug-likeness (QED) is 0.469. The molecule has 1 aromatic rings. The summed E-state index contributed by atoms with van der Waals surface area (Å²) >= 11 is 0. The summed E-state index contributed by atoms with van der Waals surface area (Å²) in [6.07, 6.45) is 7.96. The van der Waals surface area contributed by atoms with Crippen LogP contribution >= 0.6 is 0 Å². The summed E-state index contributed by atoms with van der Waals surface area (Å²) in [7, 11) is 0. The second-order valence-electron chi connectivity index (χ2n) is 4.36. The molecule has 0 radical (unpaired) electrons. The third-order valence-electron chi connectivity index (χ3n) is 3.06. The largest absolute Gasteiger partial charge is 0.303 e. The fraction of sp³-hybridized carbons (Fsp3) is 0.533. The molecule has 0 unspecified atom stereocenters. The van der Waals surface area contributed by atoms with Crippen LogP contribution in [0.2, 0.25) is 0 Å². The third kappa shape index (κ3) is 4.61. The van der Waals surface area contributed by atoms with Gasteiger partial charge in [-0.05, 0) is 17.9 Å². The Balaban J connectivity index is 2.44. The van der Waals surface area contributed by atoms with Gasteiger partial charge in [-0.15, -0.1) is 0 Å². The highest BCUT2D eigenvalue weighted by atomic mass is 16.1. The average Bonchev–Trinajstić information content (AvgIpc) is 2.34. The highest BCUT2D eigenvalue weighted by molar-refractivity contribution is 5.51. The van der Waals surface area contributed by atoms with Crippen LogP contribution in [0, 0.1) is 0 Å². The van der Waals surface area contributed by atoms with Gasteiger partial charge in [0.25, 0.3) is 0 Å². The van der Waals surface area contributed by atoms with E-state index in [0.717, 1.165) is 12.7 Å². The van der Waals surface area contributed by atoms with Crippen molar-refractivity contribution in [2.75, 3.05) is 0 Å². The van der Waals surface area contributed by atoms with Crippen LogP contribution in [-0.4, -0.2) is 6.29 Å². The zero-order valence-electron chi connectivity index (χ0n) is 10.2. The number of unbranched alkanes of at least 4 members (excludes halogenated alkanes) is 3. The first-order chi connectivity index (χ1) is 7.88. The van der Waals surface area contributed by atoms with Gasteiger partial charge in [-0.3, -0.25) is 0 Å². The van der Waals surface area contributed by atoms with Crippen molar-refractivity contribution in [3.63, 3.8) is 0 Å². The molecular weight excluding hydrogens is 196 g/mol. The van der Waals surface area contributed by atoms with Gasteiger partial charge in [0, 0.05) is 6.42 Å². The Kier molecular flexibility index (Phi) is 6.55. The second kappa shape index (κ2) is 8.09. The molecule has 1 atom stereocenters. The van der Waals surface area contributed by atoms with E-state index in [4.69, 9.17) is 0 Å². The van der Waals surface area contributed by atoms with Crippen molar-refractivity contribution in [1.29, 1.82) is 0 Å².